The number of likely N-dealkylation sites (tertiary alicyclic amines) is 1. The topological polar surface area (TPSA) is 48.5 Å². The second kappa shape index (κ2) is 8.47. The van der Waals surface area contributed by atoms with Gasteiger partial charge in [0.05, 0.1) is 5.92 Å². The van der Waals surface area contributed by atoms with E-state index in [9.17, 15) is 4.79 Å². The molecule has 5 nitrogen and oxygen atoms in total. The zero-order chi connectivity index (χ0) is 16.8. The molecule has 0 radical (unpaired) electrons. The lowest BCUT2D eigenvalue weighted by Crippen LogP contribution is -2.49. The zero-order valence-electron chi connectivity index (χ0n) is 14.8. The molecule has 1 aromatic heterocycles. The van der Waals surface area contributed by atoms with Crippen LogP contribution in [0, 0.1) is 5.92 Å². The Bertz CT molecular complexity index is 513. The van der Waals surface area contributed by atoms with Gasteiger partial charge in [0.15, 0.2) is 0 Å². The smallest absolute Gasteiger partial charge is 0.225 e. The molecule has 2 aliphatic heterocycles. The summed E-state index contributed by atoms with van der Waals surface area (Å²) in [4.78, 5) is 21.9. The SMILES string of the molecule is CCCN1CCC(NC(=O)[C@@H]2CCCN(c3ccccn3)C2)CC1. The molecule has 132 valence electrons. The lowest BCUT2D eigenvalue weighted by Gasteiger charge is -2.35. The summed E-state index contributed by atoms with van der Waals surface area (Å²) < 4.78 is 0. The van der Waals surface area contributed by atoms with Gasteiger partial charge in [0.1, 0.15) is 5.82 Å². The third-order valence-corrected chi connectivity index (χ3v) is 5.24. The predicted octanol–water partition coefficient (Wildman–Crippen LogP) is 2.29. The van der Waals surface area contributed by atoms with Crippen molar-refractivity contribution in [3.8, 4) is 0 Å². The van der Waals surface area contributed by atoms with Crippen molar-refractivity contribution >= 4 is 11.7 Å². The Morgan fingerprint density at radius 1 is 1.25 bits per heavy atom. The number of hydrogen-bond donors (Lipinski definition) is 1. The van der Waals surface area contributed by atoms with Crippen LogP contribution in [-0.4, -0.2) is 54.6 Å². The molecule has 0 unspecified atom stereocenters. The fourth-order valence-electron chi connectivity index (χ4n) is 3.88. The molecule has 2 aliphatic rings. The minimum atomic E-state index is 0.0921. The molecule has 2 fully saturated rings. The highest BCUT2D eigenvalue weighted by molar-refractivity contribution is 5.79. The van der Waals surface area contributed by atoms with Crippen LogP contribution in [0.25, 0.3) is 0 Å². The molecule has 1 atom stereocenters. The summed E-state index contributed by atoms with van der Waals surface area (Å²) in [6.45, 7) is 7.42. The summed E-state index contributed by atoms with van der Waals surface area (Å²) in [6.07, 6.45) is 7.25. The summed E-state index contributed by atoms with van der Waals surface area (Å²) in [5.74, 6) is 1.32. The predicted molar refractivity (Wildman–Crippen MR) is 97.1 cm³/mol. The number of aromatic nitrogens is 1. The number of amides is 1. The fraction of sp³-hybridized carbons (Fsp3) is 0.684. The van der Waals surface area contributed by atoms with Crippen LogP contribution in [0.2, 0.25) is 0 Å². The van der Waals surface area contributed by atoms with Gasteiger partial charge >= 0.3 is 0 Å². The number of nitrogens with zero attached hydrogens (tertiary/aromatic N) is 3. The average molecular weight is 330 g/mol. The van der Waals surface area contributed by atoms with Crippen LogP contribution in [-0.2, 0) is 4.79 Å². The summed E-state index contributed by atoms with van der Waals surface area (Å²) in [5.41, 5.74) is 0. The number of hydrogen-bond acceptors (Lipinski definition) is 4. The van der Waals surface area contributed by atoms with Crippen LogP contribution in [0.4, 0.5) is 5.82 Å². The molecule has 0 aliphatic carbocycles. The molecule has 0 aromatic carbocycles. The van der Waals surface area contributed by atoms with Crippen molar-refractivity contribution in [2.75, 3.05) is 37.6 Å². The van der Waals surface area contributed by atoms with Gasteiger partial charge in [-0.3, -0.25) is 4.79 Å². The Labute approximate surface area is 145 Å². The van der Waals surface area contributed by atoms with Gasteiger partial charge in [-0.15, -0.1) is 0 Å². The van der Waals surface area contributed by atoms with Crippen molar-refractivity contribution in [1.29, 1.82) is 0 Å². The van der Waals surface area contributed by atoms with E-state index in [2.05, 4.69) is 27.0 Å². The number of piperidine rings is 2. The van der Waals surface area contributed by atoms with Gasteiger partial charge in [-0.2, -0.15) is 0 Å². The average Bonchev–Trinajstić information content (AvgIpc) is 2.64. The highest BCUT2D eigenvalue weighted by Gasteiger charge is 2.28. The number of nitrogens with one attached hydrogen (secondary N) is 1. The first-order valence-corrected chi connectivity index (χ1v) is 9.45. The Kier molecular flexibility index (Phi) is 6.07. The number of rotatable bonds is 5. The van der Waals surface area contributed by atoms with Gasteiger partial charge in [-0.1, -0.05) is 13.0 Å². The molecule has 0 bridgehead atoms. The highest BCUT2D eigenvalue weighted by Crippen LogP contribution is 2.22. The van der Waals surface area contributed by atoms with E-state index in [1.165, 1.54) is 13.0 Å². The second-order valence-electron chi connectivity index (χ2n) is 7.10. The number of carbonyl (C=O) groups is 1. The third-order valence-electron chi connectivity index (χ3n) is 5.24. The van der Waals surface area contributed by atoms with Crippen molar-refractivity contribution in [2.45, 2.75) is 45.1 Å². The molecule has 3 heterocycles. The van der Waals surface area contributed by atoms with Gasteiger partial charge in [0.2, 0.25) is 5.91 Å². The molecule has 1 amide bonds. The minimum Gasteiger partial charge on any atom is -0.356 e. The first-order chi connectivity index (χ1) is 11.8. The standard InChI is InChI=1S/C19H30N4O/c1-2-11-22-13-8-17(9-14-22)21-19(24)16-6-5-12-23(15-16)18-7-3-4-10-20-18/h3-4,7,10,16-17H,2,5-6,8-9,11-15H2,1H3,(H,21,24)/t16-/m1/s1. The van der Waals surface area contributed by atoms with Crippen molar-refractivity contribution in [1.82, 2.24) is 15.2 Å². The molecule has 2 saturated heterocycles. The Hall–Kier alpha value is -1.62. The number of carbonyl (C=O) groups excluding carboxylic acids is 1. The van der Waals surface area contributed by atoms with E-state index >= 15 is 0 Å². The first kappa shape index (κ1) is 17.2. The Morgan fingerprint density at radius 3 is 2.79 bits per heavy atom. The Morgan fingerprint density at radius 2 is 2.08 bits per heavy atom. The normalized spacial score (nSPS) is 23.2. The number of anilines is 1. The second-order valence-corrected chi connectivity index (χ2v) is 7.10. The zero-order valence-corrected chi connectivity index (χ0v) is 14.8. The van der Waals surface area contributed by atoms with Gasteiger partial charge in [-0.05, 0) is 50.8 Å². The lowest BCUT2D eigenvalue weighted by atomic mass is 9.95. The molecular weight excluding hydrogens is 300 g/mol. The molecule has 3 rings (SSSR count). The largest absolute Gasteiger partial charge is 0.356 e. The van der Waals surface area contributed by atoms with Crippen LogP contribution >= 0.6 is 0 Å². The van der Waals surface area contributed by atoms with Gasteiger partial charge in [0, 0.05) is 38.4 Å². The molecule has 1 aromatic rings. The summed E-state index contributed by atoms with van der Waals surface area (Å²) >= 11 is 0. The van der Waals surface area contributed by atoms with E-state index in [0.29, 0.717) is 6.04 Å². The molecule has 0 spiro atoms. The fourth-order valence-corrected chi connectivity index (χ4v) is 3.88. The molecule has 24 heavy (non-hydrogen) atoms. The van der Waals surface area contributed by atoms with Crippen molar-refractivity contribution in [2.24, 2.45) is 5.92 Å². The quantitative estimate of drug-likeness (QED) is 0.900. The van der Waals surface area contributed by atoms with E-state index in [-0.39, 0.29) is 11.8 Å². The van der Waals surface area contributed by atoms with E-state index in [1.807, 2.05) is 24.4 Å². The maximum atomic E-state index is 12.7. The van der Waals surface area contributed by atoms with Crippen LogP contribution in [0.15, 0.2) is 24.4 Å². The maximum Gasteiger partial charge on any atom is 0.225 e. The van der Waals surface area contributed by atoms with Crippen molar-refractivity contribution < 1.29 is 4.79 Å². The van der Waals surface area contributed by atoms with E-state index in [1.54, 1.807) is 0 Å². The van der Waals surface area contributed by atoms with Crippen LogP contribution in [0.3, 0.4) is 0 Å². The summed E-state index contributed by atoms with van der Waals surface area (Å²) in [7, 11) is 0. The number of pyridine rings is 1. The summed E-state index contributed by atoms with van der Waals surface area (Å²) in [6, 6.07) is 6.33. The molecule has 5 heteroatoms. The van der Waals surface area contributed by atoms with Gasteiger partial charge < -0.3 is 15.1 Å². The van der Waals surface area contributed by atoms with Crippen LogP contribution in [0.1, 0.15) is 39.0 Å². The first-order valence-electron chi connectivity index (χ1n) is 9.45. The van der Waals surface area contributed by atoms with Gasteiger partial charge in [0.25, 0.3) is 0 Å². The Balaban J connectivity index is 1.48. The maximum absolute atomic E-state index is 12.7. The molecular formula is C19H30N4O. The van der Waals surface area contributed by atoms with Crippen LogP contribution in [0.5, 0.6) is 0 Å². The van der Waals surface area contributed by atoms with Gasteiger partial charge in [-0.25, -0.2) is 4.98 Å². The molecule has 0 saturated carbocycles. The lowest BCUT2D eigenvalue weighted by molar-refractivity contribution is -0.126. The summed E-state index contributed by atoms with van der Waals surface area (Å²) in [5, 5.41) is 3.31. The molecule has 1 N–H and O–H groups in total. The van der Waals surface area contributed by atoms with Crippen molar-refractivity contribution in [3.05, 3.63) is 24.4 Å². The van der Waals surface area contributed by atoms with Crippen LogP contribution < -0.4 is 10.2 Å². The van der Waals surface area contributed by atoms with E-state index in [0.717, 1.165) is 57.7 Å². The van der Waals surface area contributed by atoms with Crippen molar-refractivity contribution in [3.63, 3.8) is 0 Å². The van der Waals surface area contributed by atoms with E-state index in [4.69, 9.17) is 0 Å². The monoisotopic (exact) mass is 330 g/mol. The van der Waals surface area contributed by atoms with E-state index < -0.39 is 0 Å². The third kappa shape index (κ3) is 4.47. The minimum absolute atomic E-state index is 0.0921. The highest BCUT2D eigenvalue weighted by atomic mass is 16.2.